The Balaban J connectivity index is 0.000000759. The van der Waals surface area contributed by atoms with E-state index in [1.807, 2.05) is 6.92 Å². The van der Waals surface area contributed by atoms with Crippen LogP contribution >= 0.6 is 11.8 Å². The Kier molecular flexibility index (Phi) is 23.6. The normalized spacial score (nSPS) is 14.4. The second-order valence-electron chi connectivity index (χ2n) is 11.5. The number of carbonyl (C=O) groups is 6. The van der Waals surface area contributed by atoms with Crippen LogP contribution in [0.1, 0.15) is 79.2 Å². The van der Waals surface area contributed by atoms with Crippen LogP contribution in [0.3, 0.4) is 0 Å². The van der Waals surface area contributed by atoms with Crippen molar-refractivity contribution in [2.75, 3.05) is 31.5 Å². The highest BCUT2D eigenvalue weighted by Crippen LogP contribution is 2.28. The molecule has 2 atom stereocenters. The van der Waals surface area contributed by atoms with E-state index < -0.39 is 11.9 Å². The fourth-order valence-corrected chi connectivity index (χ4v) is 5.03. The van der Waals surface area contributed by atoms with E-state index in [2.05, 4.69) is 60.6 Å². The molecule has 47 heavy (non-hydrogen) atoms. The largest absolute Gasteiger partial charge is 0.470 e. The standard InChI is InChI=1S/C17H32N2O2S.C11H11BN2O4.C4H10N2O/c1-12(2)14(5)18-9-7-6-8-10-19-16(20)11-15(17(19)21)22-13(3)4;12-11(17)18-6-8-1-3-9(4-2-8)14-10(16)5-13-7-15;1-2-3-6-4(5)7/h12-15,18H,6-11H2,1-5H3;1-4,7H,5-6H2,(H,13,15)(H,14,16);2-3H2,1H3,(H3,5,6,7). The highest BCUT2D eigenvalue weighted by Gasteiger charge is 2.38. The van der Waals surface area contributed by atoms with Gasteiger partial charge < -0.3 is 31.7 Å². The molecule has 2 rings (SSSR count). The number of nitrogens with two attached hydrogens (primary N) is 1. The van der Waals surface area contributed by atoms with Crippen LogP contribution in [0, 0.1) is 5.92 Å². The van der Waals surface area contributed by atoms with Crippen molar-refractivity contribution in [1.29, 1.82) is 0 Å². The molecule has 262 valence electrons. The maximum atomic E-state index is 12.2. The molecule has 0 spiro atoms. The SMILES string of the molecule is CC(C)SC1CC(=O)N(CCCCCNC(C)C(C)C)C1=O.CCCNC(N)=O.[B]C(=O)OCc1ccc(NC(=O)CNC=O)cc1. The van der Waals surface area contributed by atoms with Gasteiger partial charge in [-0.15, -0.1) is 11.8 Å². The van der Waals surface area contributed by atoms with Gasteiger partial charge in [-0.25, -0.2) is 4.79 Å². The van der Waals surface area contributed by atoms with E-state index >= 15 is 0 Å². The third-order valence-electron chi connectivity index (χ3n) is 6.68. The highest BCUT2D eigenvalue weighted by atomic mass is 32.2. The molecule has 1 heterocycles. The second kappa shape index (κ2) is 25.5. The maximum Gasteiger partial charge on any atom is 0.312 e. The third kappa shape index (κ3) is 21.8. The first-order valence-corrected chi connectivity index (χ1v) is 16.9. The van der Waals surface area contributed by atoms with Gasteiger partial charge in [-0.3, -0.25) is 28.9 Å². The summed E-state index contributed by atoms with van der Waals surface area (Å²) >= 11 is 1.61. The number of anilines is 1. The number of hydrogen-bond acceptors (Lipinski definition) is 9. The zero-order valence-corrected chi connectivity index (χ0v) is 29.5. The molecule has 1 fully saturated rings. The number of nitrogens with one attached hydrogen (secondary N) is 4. The van der Waals surface area contributed by atoms with E-state index in [1.165, 1.54) is 4.90 Å². The lowest BCUT2D eigenvalue weighted by Crippen LogP contribution is -2.33. The summed E-state index contributed by atoms with van der Waals surface area (Å²) in [5.74, 6) is -0.490. The van der Waals surface area contributed by atoms with Crippen molar-refractivity contribution in [3.63, 3.8) is 0 Å². The predicted molar refractivity (Wildman–Crippen MR) is 187 cm³/mol. The molecular formula is C32H53BN6O7S. The van der Waals surface area contributed by atoms with Gasteiger partial charge in [0.25, 0.3) is 0 Å². The number of amides is 6. The molecule has 1 saturated heterocycles. The summed E-state index contributed by atoms with van der Waals surface area (Å²) in [6, 6.07) is 6.77. The van der Waals surface area contributed by atoms with E-state index in [0.29, 0.717) is 48.8 Å². The molecule has 0 bridgehead atoms. The second-order valence-corrected chi connectivity index (χ2v) is 13.2. The molecule has 2 radical (unpaired) electrons. The van der Waals surface area contributed by atoms with Crippen molar-refractivity contribution >= 4 is 61.3 Å². The van der Waals surface area contributed by atoms with Gasteiger partial charge in [0.05, 0.1) is 11.8 Å². The molecule has 1 aromatic carbocycles. The number of carbonyl (C=O) groups excluding carboxylic acids is 6. The Morgan fingerprint density at radius 1 is 1.06 bits per heavy atom. The van der Waals surface area contributed by atoms with Crippen LogP contribution in [0.2, 0.25) is 0 Å². The van der Waals surface area contributed by atoms with Gasteiger partial charge in [-0.2, -0.15) is 0 Å². The molecule has 0 aromatic heterocycles. The van der Waals surface area contributed by atoms with Gasteiger partial charge in [-0.05, 0) is 61.6 Å². The summed E-state index contributed by atoms with van der Waals surface area (Å²) in [6.45, 7) is 15.0. The zero-order chi connectivity index (χ0) is 35.8. The predicted octanol–water partition coefficient (Wildman–Crippen LogP) is 3.30. The van der Waals surface area contributed by atoms with Crippen molar-refractivity contribution in [1.82, 2.24) is 20.9 Å². The average Bonchev–Trinajstić information content (AvgIpc) is 3.27. The Bertz CT molecular complexity index is 1110. The van der Waals surface area contributed by atoms with Crippen LogP contribution in [0.25, 0.3) is 0 Å². The summed E-state index contributed by atoms with van der Waals surface area (Å²) in [4.78, 5) is 67.1. The van der Waals surface area contributed by atoms with Crippen LogP contribution < -0.4 is 27.0 Å². The van der Waals surface area contributed by atoms with Crippen LogP contribution in [-0.4, -0.2) is 91.5 Å². The number of benzene rings is 1. The average molecular weight is 677 g/mol. The molecule has 0 aliphatic carbocycles. The first-order valence-electron chi connectivity index (χ1n) is 16.0. The van der Waals surface area contributed by atoms with E-state index in [0.717, 1.165) is 37.8 Å². The van der Waals surface area contributed by atoms with Gasteiger partial charge >= 0.3 is 6.03 Å². The number of nitrogens with zero attached hydrogens (tertiary/aromatic N) is 1. The van der Waals surface area contributed by atoms with Gasteiger partial charge in [0.1, 0.15) is 6.61 Å². The van der Waals surface area contributed by atoms with Crippen molar-refractivity contribution in [3.05, 3.63) is 29.8 Å². The number of imide groups is 1. The van der Waals surface area contributed by atoms with E-state index in [9.17, 15) is 28.8 Å². The topological polar surface area (TPSA) is 189 Å². The minimum Gasteiger partial charge on any atom is -0.470 e. The van der Waals surface area contributed by atoms with Crippen LogP contribution in [-0.2, 0) is 30.5 Å². The van der Waals surface area contributed by atoms with Gasteiger partial charge in [0, 0.05) is 31.2 Å². The maximum absolute atomic E-state index is 12.2. The first kappa shape index (κ1) is 43.4. The van der Waals surface area contributed by atoms with E-state index in [4.69, 9.17) is 13.6 Å². The third-order valence-corrected chi connectivity index (χ3v) is 7.92. The number of primary amides is 1. The summed E-state index contributed by atoms with van der Waals surface area (Å²) in [6.07, 6.45) is 4.82. The Morgan fingerprint density at radius 3 is 2.23 bits per heavy atom. The van der Waals surface area contributed by atoms with Crippen LogP contribution in [0.4, 0.5) is 15.3 Å². The number of hydrogen-bond donors (Lipinski definition) is 5. The lowest BCUT2D eigenvalue weighted by atomic mass is 10.1. The lowest BCUT2D eigenvalue weighted by Gasteiger charge is -2.18. The van der Waals surface area contributed by atoms with Gasteiger partial charge in [0.2, 0.25) is 37.8 Å². The molecule has 13 nitrogen and oxygen atoms in total. The quantitative estimate of drug-likeness (QED) is 0.0673. The summed E-state index contributed by atoms with van der Waals surface area (Å²) in [5, 5.41) is 11.0. The Labute approximate surface area is 285 Å². The molecule has 1 aliphatic rings. The summed E-state index contributed by atoms with van der Waals surface area (Å²) in [5.41, 5.74) is 6.06. The van der Waals surface area contributed by atoms with Crippen LogP contribution in [0.15, 0.2) is 24.3 Å². The number of thioether (sulfide) groups is 1. The number of rotatable bonds is 18. The number of urea groups is 1. The first-order chi connectivity index (χ1) is 22.2. The number of ether oxygens (including phenoxy) is 1. The minimum atomic E-state index is -0.840. The summed E-state index contributed by atoms with van der Waals surface area (Å²) < 4.78 is 4.60. The fourth-order valence-electron chi connectivity index (χ4n) is 3.89. The number of likely N-dealkylation sites (tertiary alicyclic amines) is 1. The molecule has 1 aromatic rings. The van der Waals surface area contributed by atoms with E-state index in [-0.39, 0.29) is 36.1 Å². The molecule has 1 aliphatic heterocycles. The molecule has 2 unspecified atom stereocenters. The zero-order valence-electron chi connectivity index (χ0n) is 28.6. The fraction of sp³-hybridized carbons (Fsp3) is 0.625. The lowest BCUT2D eigenvalue weighted by molar-refractivity contribution is -0.138. The van der Waals surface area contributed by atoms with Gasteiger partial charge in [0.15, 0.2) is 0 Å². The molecule has 6 N–H and O–H groups in total. The van der Waals surface area contributed by atoms with Crippen molar-refractivity contribution in [3.8, 4) is 0 Å². The van der Waals surface area contributed by atoms with Crippen molar-refractivity contribution in [2.24, 2.45) is 11.7 Å². The molecule has 0 saturated carbocycles. The highest BCUT2D eigenvalue weighted by molar-refractivity contribution is 8.01. The summed E-state index contributed by atoms with van der Waals surface area (Å²) in [7, 11) is 4.83. The van der Waals surface area contributed by atoms with Crippen LogP contribution in [0.5, 0.6) is 0 Å². The monoisotopic (exact) mass is 676 g/mol. The number of unbranched alkanes of at least 4 members (excludes halogenated alkanes) is 2. The van der Waals surface area contributed by atoms with Gasteiger partial charge in [-0.1, -0.05) is 53.2 Å². The molecule has 15 heteroatoms. The van der Waals surface area contributed by atoms with Crippen molar-refractivity contribution in [2.45, 2.75) is 96.8 Å². The molecular weight excluding hydrogens is 623 g/mol. The minimum absolute atomic E-state index is 0.00899. The smallest absolute Gasteiger partial charge is 0.312 e. The van der Waals surface area contributed by atoms with E-state index in [1.54, 1.807) is 36.0 Å². The Hall–Kier alpha value is -3.59. The van der Waals surface area contributed by atoms with Crippen molar-refractivity contribution < 1.29 is 33.5 Å². The Morgan fingerprint density at radius 2 is 1.72 bits per heavy atom. The molecule has 6 amide bonds.